The van der Waals surface area contributed by atoms with Gasteiger partial charge in [0, 0.05) is 19.6 Å². The minimum absolute atomic E-state index is 0.101. The lowest BCUT2D eigenvalue weighted by atomic mass is 9.97. The Morgan fingerprint density at radius 3 is 2.57 bits per heavy atom. The standard InChI is InChI=1S/C22H27N3O3S2/c1-28-19-8-6-17(7-9-19)12-15-30(26,27)23-16-18-10-13-25(14-11-18)22-24-20-4-2-3-5-21(20)29-22/h2-9,18,23H,10-16H2,1H3. The molecule has 30 heavy (non-hydrogen) atoms. The summed E-state index contributed by atoms with van der Waals surface area (Å²) in [5, 5.41) is 1.06. The second-order valence-electron chi connectivity index (χ2n) is 7.66. The van der Waals surface area contributed by atoms with Crippen LogP contribution in [-0.2, 0) is 16.4 Å². The van der Waals surface area contributed by atoms with Crippen LogP contribution in [0.1, 0.15) is 18.4 Å². The predicted molar refractivity (Wildman–Crippen MR) is 123 cm³/mol. The molecule has 1 saturated heterocycles. The first-order valence-electron chi connectivity index (χ1n) is 10.2. The van der Waals surface area contributed by atoms with Crippen LogP contribution in [0.4, 0.5) is 5.13 Å². The number of sulfonamides is 1. The number of aryl methyl sites for hydroxylation is 1. The summed E-state index contributed by atoms with van der Waals surface area (Å²) in [6.07, 6.45) is 2.43. The molecule has 1 aromatic heterocycles. The van der Waals surface area contributed by atoms with E-state index >= 15 is 0 Å². The number of para-hydroxylation sites is 1. The van der Waals surface area contributed by atoms with Crippen molar-refractivity contribution in [2.24, 2.45) is 5.92 Å². The zero-order valence-corrected chi connectivity index (χ0v) is 18.7. The number of nitrogens with zero attached hydrogens (tertiary/aromatic N) is 2. The van der Waals surface area contributed by atoms with Gasteiger partial charge in [0.1, 0.15) is 5.75 Å². The molecule has 2 aromatic carbocycles. The Labute approximate surface area is 181 Å². The highest BCUT2D eigenvalue weighted by Crippen LogP contribution is 2.31. The van der Waals surface area contributed by atoms with Crippen molar-refractivity contribution in [2.45, 2.75) is 19.3 Å². The molecular formula is C22H27N3O3S2. The molecule has 3 aromatic rings. The first kappa shape index (κ1) is 21.1. The molecule has 8 heteroatoms. The largest absolute Gasteiger partial charge is 0.497 e. The van der Waals surface area contributed by atoms with Crippen molar-refractivity contribution < 1.29 is 13.2 Å². The summed E-state index contributed by atoms with van der Waals surface area (Å²) < 4.78 is 34.0. The molecule has 1 N–H and O–H groups in total. The molecular weight excluding hydrogens is 418 g/mol. The predicted octanol–water partition coefficient (Wildman–Crippen LogP) is 3.68. The zero-order chi connectivity index (χ0) is 21.0. The van der Waals surface area contributed by atoms with Crippen LogP contribution in [0, 0.1) is 5.92 Å². The zero-order valence-electron chi connectivity index (χ0n) is 17.1. The van der Waals surface area contributed by atoms with Crippen molar-refractivity contribution in [1.82, 2.24) is 9.71 Å². The third kappa shape index (κ3) is 5.30. The molecule has 1 aliphatic heterocycles. The van der Waals surface area contributed by atoms with E-state index in [1.54, 1.807) is 18.4 Å². The maximum atomic E-state index is 12.4. The molecule has 0 aliphatic carbocycles. The van der Waals surface area contributed by atoms with Crippen LogP contribution in [-0.4, -0.2) is 45.9 Å². The maximum Gasteiger partial charge on any atom is 0.211 e. The number of ether oxygens (including phenoxy) is 1. The number of hydrogen-bond acceptors (Lipinski definition) is 6. The van der Waals surface area contributed by atoms with E-state index in [4.69, 9.17) is 9.72 Å². The fourth-order valence-corrected chi connectivity index (χ4v) is 5.84. The van der Waals surface area contributed by atoms with E-state index < -0.39 is 10.0 Å². The number of aromatic nitrogens is 1. The smallest absolute Gasteiger partial charge is 0.211 e. The van der Waals surface area contributed by atoms with Gasteiger partial charge in [-0.3, -0.25) is 0 Å². The molecule has 0 bridgehead atoms. The fraction of sp³-hybridized carbons (Fsp3) is 0.409. The number of nitrogens with one attached hydrogen (secondary N) is 1. The van der Waals surface area contributed by atoms with E-state index in [0.717, 1.165) is 47.9 Å². The number of piperidine rings is 1. The van der Waals surface area contributed by atoms with E-state index in [1.165, 1.54) is 4.70 Å². The molecule has 0 spiro atoms. The van der Waals surface area contributed by atoms with Gasteiger partial charge in [0.05, 0.1) is 23.1 Å². The van der Waals surface area contributed by atoms with E-state index in [9.17, 15) is 8.42 Å². The van der Waals surface area contributed by atoms with Gasteiger partial charge in [0.15, 0.2) is 5.13 Å². The van der Waals surface area contributed by atoms with Gasteiger partial charge in [-0.2, -0.15) is 0 Å². The minimum Gasteiger partial charge on any atom is -0.497 e. The van der Waals surface area contributed by atoms with Crippen LogP contribution in [0.3, 0.4) is 0 Å². The van der Waals surface area contributed by atoms with E-state index in [0.29, 0.717) is 18.9 Å². The van der Waals surface area contributed by atoms with Gasteiger partial charge in [0.2, 0.25) is 10.0 Å². The summed E-state index contributed by atoms with van der Waals surface area (Å²) in [7, 11) is -1.67. The number of rotatable bonds is 8. The van der Waals surface area contributed by atoms with Crippen LogP contribution in [0.5, 0.6) is 5.75 Å². The number of benzene rings is 2. The fourth-order valence-electron chi connectivity index (χ4n) is 3.69. The number of hydrogen-bond donors (Lipinski definition) is 1. The summed E-state index contributed by atoms with van der Waals surface area (Å²) in [5.41, 5.74) is 2.04. The Morgan fingerprint density at radius 1 is 1.13 bits per heavy atom. The highest BCUT2D eigenvalue weighted by Gasteiger charge is 2.23. The normalized spacial score (nSPS) is 15.6. The summed E-state index contributed by atoms with van der Waals surface area (Å²) in [5.74, 6) is 1.24. The maximum absolute atomic E-state index is 12.4. The molecule has 1 aliphatic rings. The highest BCUT2D eigenvalue weighted by molar-refractivity contribution is 7.89. The van der Waals surface area contributed by atoms with Crippen LogP contribution in [0.15, 0.2) is 48.5 Å². The minimum atomic E-state index is -3.28. The van der Waals surface area contributed by atoms with Crippen LogP contribution in [0.2, 0.25) is 0 Å². The lowest BCUT2D eigenvalue weighted by Gasteiger charge is -2.31. The summed E-state index contributed by atoms with van der Waals surface area (Å²) in [6, 6.07) is 15.7. The molecule has 1 fully saturated rings. The molecule has 4 rings (SSSR count). The van der Waals surface area contributed by atoms with E-state index in [-0.39, 0.29) is 5.75 Å². The molecule has 0 atom stereocenters. The molecule has 0 saturated carbocycles. The van der Waals surface area contributed by atoms with Gasteiger partial charge < -0.3 is 9.64 Å². The number of fused-ring (bicyclic) bond motifs is 1. The second-order valence-corrected chi connectivity index (χ2v) is 10.6. The van der Waals surface area contributed by atoms with Gasteiger partial charge in [-0.1, -0.05) is 35.6 Å². The van der Waals surface area contributed by atoms with Crippen LogP contribution in [0.25, 0.3) is 10.2 Å². The molecule has 160 valence electrons. The second kappa shape index (κ2) is 9.32. The third-order valence-corrected chi connectivity index (χ3v) is 8.02. The van der Waals surface area contributed by atoms with Crippen molar-refractivity contribution in [3.8, 4) is 5.75 Å². The Hall–Kier alpha value is -2.16. The lowest BCUT2D eigenvalue weighted by Crippen LogP contribution is -2.39. The van der Waals surface area contributed by atoms with Gasteiger partial charge in [-0.25, -0.2) is 18.1 Å². The third-order valence-electron chi connectivity index (χ3n) is 5.58. The highest BCUT2D eigenvalue weighted by atomic mass is 32.2. The molecule has 0 radical (unpaired) electrons. The first-order valence-corrected chi connectivity index (χ1v) is 12.7. The van der Waals surface area contributed by atoms with Crippen molar-refractivity contribution >= 4 is 36.7 Å². The molecule has 0 amide bonds. The van der Waals surface area contributed by atoms with Crippen LogP contribution < -0.4 is 14.4 Å². The van der Waals surface area contributed by atoms with Crippen molar-refractivity contribution in [3.63, 3.8) is 0 Å². The van der Waals surface area contributed by atoms with Crippen LogP contribution >= 0.6 is 11.3 Å². The number of thiazole rings is 1. The summed E-state index contributed by atoms with van der Waals surface area (Å²) in [6.45, 7) is 2.34. The summed E-state index contributed by atoms with van der Waals surface area (Å²) >= 11 is 1.72. The van der Waals surface area contributed by atoms with E-state index in [2.05, 4.69) is 15.7 Å². The van der Waals surface area contributed by atoms with Crippen molar-refractivity contribution in [3.05, 3.63) is 54.1 Å². The monoisotopic (exact) mass is 445 g/mol. The average Bonchev–Trinajstić information content (AvgIpc) is 3.21. The average molecular weight is 446 g/mol. The van der Waals surface area contributed by atoms with Gasteiger partial charge in [-0.05, 0) is 55.0 Å². The Balaban J connectivity index is 1.23. The quantitative estimate of drug-likeness (QED) is 0.573. The SMILES string of the molecule is COc1ccc(CCS(=O)(=O)NCC2CCN(c3nc4ccccc4s3)CC2)cc1. The lowest BCUT2D eigenvalue weighted by molar-refractivity contribution is 0.402. The van der Waals surface area contributed by atoms with Gasteiger partial charge >= 0.3 is 0 Å². The van der Waals surface area contributed by atoms with Crippen molar-refractivity contribution in [1.29, 1.82) is 0 Å². The number of anilines is 1. The Bertz CT molecular complexity index is 1040. The Kier molecular flexibility index (Phi) is 6.55. The van der Waals surface area contributed by atoms with Crippen molar-refractivity contribution in [2.75, 3.05) is 37.4 Å². The number of methoxy groups -OCH3 is 1. The molecule has 6 nitrogen and oxygen atoms in total. The first-order chi connectivity index (χ1) is 14.5. The van der Waals surface area contributed by atoms with Gasteiger partial charge in [0.25, 0.3) is 0 Å². The topological polar surface area (TPSA) is 71.5 Å². The summed E-state index contributed by atoms with van der Waals surface area (Å²) in [4.78, 5) is 7.05. The molecule has 0 unspecified atom stereocenters. The molecule has 2 heterocycles. The van der Waals surface area contributed by atoms with E-state index in [1.807, 2.05) is 42.5 Å². The van der Waals surface area contributed by atoms with Gasteiger partial charge in [-0.15, -0.1) is 0 Å². The Morgan fingerprint density at radius 2 is 1.87 bits per heavy atom.